The second-order valence-corrected chi connectivity index (χ2v) is 6.01. The number of halogens is 2. The number of anilines is 1. The van der Waals surface area contributed by atoms with Crippen LogP contribution in [0.1, 0.15) is 18.0 Å². The largest absolute Gasteiger partial charge is 0.396 e. The number of aliphatic hydroxyl groups is 1. The lowest BCUT2D eigenvalue weighted by Crippen LogP contribution is -2.87. The third kappa shape index (κ3) is 5.52. The molecule has 0 aliphatic heterocycles. The van der Waals surface area contributed by atoms with E-state index in [9.17, 15) is 4.79 Å². The van der Waals surface area contributed by atoms with E-state index >= 15 is 0 Å². The lowest BCUT2D eigenvalue weighted by molar-refractivity contribution is -0.682. The number of nitrogens with one attached hydrogen (secondary N) is 1. The van der Waals surface area contributed by atoms with Crippen molar-refractivity contribution in [3.8, 4) is 0 Å². The third-order valence-corrected chi connectivity index (χ3v) is 3.77. The molecular formula is C17H19Cl2N2O2+. The van der Waals surface area contributed by atoms with Crippen LogP contribution < -0.4 is 10.6 Å². The number of carbonyl (C=O) groups excluding carboxylic acids is 1. The number of carbonyl (C=O) groups is 1. The molecule has 1 atom stereocenters. The third-order valence-electron chi connectivity index (χ3n) is 3.34. The SMILES string of the molecule is O=C(Nc1cc(Cl)cc(Cl)c1)[C@H]([NH2+]CCCO)c1ccccc1. The maximum atomic E-state index is 12.6. The van der Waals surface area contributed by atoms with Crippen molar-refractivity contribution in [2.75, 3.05) is 18.5 Å². The highest BCUT2D eigenvalue weighted by atomic mass is 35.5. The molecule has 2 rings (SSSR count). The molecule has 0 saturated carbocycles. The van der Waals surface area contributed by atoms with Gasteiger partial charge in [-0.3, -0.25) is 4.79 Å². The molecular weight excluding hydrogens is 335 g/mol. The van der Waals surface area contributed by atoms with Gasteiger partial charge in [0.2, 0.25) is 0 Å². The van der Waals surface area contributed by atoms with Crippen LogP contribution in [0.4, 0.5) is 5.69 Å². The molecule has 0 unspecified atom stereocenters. The molecule has 0 bridgehead atoms. The average Bonchev–Trinajstić information content (AvgIpc) is 2.51. The summed E-state index contributed by atoms with van der Waals surface area (Å²) in [4.78, 5) is 12.6. The van der Waals surface area contributed by atoms with Crippen LogP contribution >= 0.6 is 23.2 Å². The minimum absolute atomic E-state index is 0.101. The van der Waals surface area contributed by atoms with E-state index in [1.54, 1.807) is 18.2 Å². The van der Waals surface area contributed by atoms with E-state index in [0.717, 1.165) is 5.56 Å². The predicted octanol–water partition coefficient (Wildman–Crippen LogP) is 2.62. The molecule has 1 amide bonds. The summed E-state index contributed by atoms with van der Waals surface area (Å²) in [7, 11) is 0. The predicted molar refractivity (Wildman–Crippen MR) is 92.8 cm³/mol. The Morgan fingerprint density at radius 2 is 1.78 bits per heavy atom. The smallest absolute Gasteiger partial charge is 0.287 e. The molecule has 2 aromatic carbocycles. The summed E-state index contributed by atoms with van der Waals surface area (Å²) in [5.41, 5.74) is 1.46. The Labute approximate surface area is 145 Å². The number of hydrogen-bond acceptors (Lipinski definition) is 2. The Morgan fingerprint density at radius 3 is 2.39 bits per heavy atom. The second kappa shape index (κ2) is 8.89. The van der Waals surface area contributed by atoms with E-state index in [0.29, 0.717) is 28.7 Å². The van der Waals surface area contributed by atoms with Gasteiger partial charge in [0.1, 0.15) is 0 Å². The summed E-state index contributed by atoms with van der Waals surface area (Å²) < 4.78 is 0. The first kappa shape index (κ1) is 17.8. The highest BCUT2D eigenvalue weighted by Crippen LogP contribution is 2.23. The molecule has 23 heavy (non-hydrogen) atoms. The number of amides is 1. The zero-order valence-corrected chi connectivity index (χ0v) is 14.0. The Kier molecular flexibility index (Phi) is 6.86. The molecule has 0 aliphatic carbocycles. The molecule has 6 heteroatoms. The molecule has 0 saturated heterocycles. The van der Waals surface area contributed by atoms with Crippen molar-refractivity contribution < 1.29 is 15.2 Å². The lowest BCUT2D eigenvalue weighted by atomic mass is 10.1. The van der Waals surface area contributed by atoms with Crippen molar-refractivity contribution >= 4 is 34.8 Å². The van der Waals surface area contributed by atoms with Crippen molar-refractivity contribution in [3.05, 3.63) is 64.1 Å². The van der Waals surface area contributed by atoms with Crippen molar-refractivity contribution in [1.29, 1.82) is 0 Å². The van der Waals surface area contributed by atoms with Gasteiger partial charge in [0, 0.05) is 34.3 Å². The molecule has 0 radical (unpaired) electrons. The van der Waals surface area contributed by atoms with Gasteiger partial charge < -0.3 is 15.7 Å². The first-order valence-electron chi connectivity index (χ1n) is 7.36. The zero-order chi connectivity index (χ0) is 16.7. The second-order valence-electron chi connectivity index (χ2n) is 5.14. The van der Waals surface area contributed by atoms with E-state index in [1.807, 2.05) is 35.6 Å². The monoisotopic (exact) mass is 353 g/mol. The molecule has 0 fully saturated rings. The van der Waals surface area contributed by atoms with E-state index in [2.05, 4.69) is 5.32 Å². The summed E-state index contributed by atoms with van der Waals surface area (Å²) in [5, 5.41) is 14.6. The number of rotatable bonds is 7. The highest BCUT2D eigenvalue weighted by molar-refractivity contribution is 6.35. The average molecular weight is 354 g/mol. The molecule has 0 aromatic heterocycles. The summed E-state index contributed by atoms with van der Waals surface area (Å²) in [6.07, 6.45) is 0.625. The number of nitrogens with two attached hydrogens (primary N) is 1. The van der Waals surface area contributed by atoms with Gasteiger partial charge in [-0.05, 0) is 18.2 Å². The fraction of sp³-hybridized carbons (Fsp3) is 0.235. The quantitative estimate of drug-likeness (QED) is 0.670. The minimum Gasteiger partial charge on any atom is -0.396 e. The van der Waals surface area contributed by atoms with Gasteiger partial charge in [-0.25, -0.2) is 0 Å². The fourth-order valence-electron chi connectivity index (χ4n) is 2.28. The van der Waals surface area contributed by atoms with Crippen LogP contribution in [0, 0.1) is 0 Å². The van der Waals surface area contributed by atoms with Crippen LogP contribution in [-0.2, 0) is 4.79 Å². The van der Waals surface area contributed by atoms with Gasteiger partial charge in [-0.2, -0.15) is 0 Å². The van der Waals surface area contributed by atoms with Crippen molar-refractivity contribution in [2.45, 2.75) is 12.5 Å². The van der Waals surface area contributed by atoms with Gasteiger partial charge in [-0.15, -0.1) is 0 Å². The van der Waals surface area contributed by atoms with Crippen LogP contribution in [-0.4, -0.2) is 24.2 Å². The first-order valence-corrected chi connectivity index (χ1v) is 8.12. The van der Waals surface area contributed by atoms with Gasteiger partial charge in [0.15, 0.2) is 6.04 Å². The number of aliphatic hydroxyl groups excluding tert-OH is 1. The number of hydrogen-bond donors (Lipinski definition) is 3. The van der Waals surface area contributed by atoms with Gasteiger partial charge in [-0.1, -0.05) is 53.5 Å². The molecule has 0 spiro atoms. The Bertz CT molecular complexity index is 630. The summed E-state index contributed by atoms with van der Waals surface area (Å²) in [5.74, 6) is -0.160. The van der Waals surface area contributed by atoms with Gasteiger partial charge in [0.05, 0.1) is 6.54 Å². The Morgan fingerprint density at radius 1 is 1.13 bits per heavy atom. The summed E-state index contributed by atoms with van der Waals surface area (Å²) in [6.45, 7) is 0.753. The van der Waals surface area contributed by atoms with Crippen molar-refractivity contribution in [3.63, 3.8) is 0 Å². The van der Waals surface area contributed by atoms with Crippen molar-refractivity contribution in [2.24, 2.45) is 0 Å². The van der Waals surface area contributed by atoms with E-state index < -0.39 is 6.04 Å². The van der Waals surface area contributed by atoms with Crippen LogP contribution in [0.3, 0.4) is 0 Å². The maximum absolute atomic E-state index is 12.6. The highest BCUT2D eigenvalue weighted by Gasteiger charge is 2.23. The van der Waals surface area contributed by atoms with Crippen LogP contribution in [0.15, 0.2) is 48.5 Å². The standard InChI is InChI=1S/C17H18Cl2N2O2/c18-13-9-14(19)11-15(10-13)21-17(23)16(20-7-4-8-22)12-5-2-1-3-6-12/h1-3,5-6,9-11,16,20,22H,4,7-8H2,(H,21,23)/p+1/t16-/m1/s1. The molecule has 122 valence electrons. The van der Waals surface area contributed by atoms with Crippen molar-refractivity contribution in [1.82, 2.24) is 0 Å². The topological polar surface area (TPSA) is 65.9 Å². The summed E-state index contributed by atoms with van der Waals surface area (Å²) in [6, 6.07) is 14.0. The van der Waals surface area contributed by atoms with Gasteiger partial charge >= 0.3 is 0 Å². The van der Waals surface area contributed by atoms with Crippen LogP contribution in [0.2, 0.25) is 10.0 Å². The number of quaternary nitrogens is 1. The van der Waals surface area contributed by atoms with Crippen LogP contribution in [0.25, 0.3) is 0 Å². The summed E-state index contributed by atoms with van der Waals surface area (Å²) >= 11 is 11.9. The molecule has 4 N–H and O–H groups in total. The minimum atomic E-state index is -0.402. The molecule has 2 aromatic rings. The maximum Gasteiger partial charge on any atom is 0.287 e. The fourth-order valence-corrected chi connectivity index (χ4v) is 2.80. The normalized spacial score (nSPS) is 12.0. The Hall–Kier alpha value is -1.59. The number of benzene rings is 2. The Balaban J connectivity index is 2.15. The zero-order valence-electron chi connectivity index (χ0n) is 12.5. The van der Waals surface area contributed by atoms with E-state index in [1.165, 1.54) is 0 Å². The molecule has 0 aliphatic rings. The lowest BCUT2D eigenvalue weighted by Gasteiger charge is -2.16. The molecule has 0 heterocycles. The van der Waals surface area contributed by atoms with Gasteiger partial charge in [0.25, 0.3) is 5.91 Å². The molecule has 4 nitrogen and oxygen atoms in total. The van der Waals surface area contributed by atoms with Crippen LogP contribution in [0.5, 0.6) is 0 Å². The van der Waals surface area contributed by atoms with E-state index in [4.69, 9.17) is 28.3 Å². The first-order chi connectivity index (χ1) is 11.1. The van der Waals surface area contributed by atoms with E-state index in [-0.39, 0.29) is 12.5 Å².